The van der Waals surface area contributed by atoms with E-state index in [2.05, 4.69) is 24.0 Å². The Labute approximate surface area is 137 Å². The normalized spacial score (nSPS) is 17.9. The molecule has 2 rings (SSSR count). The average Bonchev–Trinajstić information content (AvgIpc) is 2.50. The van der Waals surface area contributed by atoms with Crippen molar-refractivity contribution in [3.05, 3.63) is 34.6 Å². The summed E-state index contributed by atoms with van der Waals surface area (Å²) in [5, 5.41) is 4.55. The molecule has 0 aromatic heterocycles. The molecule has 1 aliphatic rings. The molecule has 0 amide bonds. The third-order valence-electron chi connectivity index (χ3n) is 4.04. The fourth-order valence-corrected chi connectivity index (χ4v) is 4.44. The summed E-state index contributed by atoms with van der Waals surface area (Å²) >= 11 is 7.84. The number of halogens is 2. The summed E-state index contributed by atoms with van der Waals surface area (Å²) in [5.41, 5.74) is 1.02. The molecule has 1 aliphatic carbocycles. The Bertz CT molecular complexity index is 435. The van der Waals surface area contributed by atoms with E-state index in [1.807, 2.05) is 6.07 Å². The number of hydrogen-bond acceptors (Lipinski definition) is 2. The zero-order valence-electron chi connectivity index (χ0n) is 12.7. The highest BCUT2D eigenvalue weighted by Crippen LogP contribution is 2.29. The van der Waals surface area contributed by atoms with Gasteiger partial charge in [0.1, 0.15) is 5.82 Å². The number of benzene rings is 1. The van der Waals surface area contributed by atoms with Gasteiger partial charge in [-0.25, -0.2) is 4.39 Å². The first-order valence-corrected chi connectivity index (χ1v) is 9.40. The summed E-state index contributed by atoms with van der Waals surface area (Å²) in [6.07, 6.45) is 7.75. The summed E-state index contributed by atoms with van der Waals surface area (Å²) in [6, 6.07) is 5.56. The molecule has 1 aromatic carbocycles. The van der Waals surface area contributed by atoms with Crippen molar-refractivity contribution < 1.29 is 4.39 Å². The van der Waals surface area contributed by atoms with Crippen LogP contribution in [0, 0.1) is 5.82 Å². The van der Waals surface area contributed by atoms with Crippen LogP contribution in [0.15, 0.2) is 18.2 Å². The van der Waals surface area contributed by atoms with Crippen molar-refractivity contribution in [3.63, 3.8) is 0 Å². The number of thioether (sulfide) groups is 1. The van der Waals surface area contributed by atoms with Crippen LogP contribution in [-0.2, 0) is 6.42 Å². The van der Waals surface area contributed by atoms with Gasteiger partial charge in [-0.05, 0) is 43.5 Å². The van der Waals surface area contributed by atoms with Crippen LogP contribution >= 0.6 is 23.4 Å². The van der Waals surface area contributed by atoms with Gasteiger partial charge in [-0.2, -0.15) is 11.8 Å². The van der Waals surface area contributed by atoms with Crippen LogP contribution in [0.25, 0.3) is 0 Å². The lowest BCUT2D eigenvalue weighted by molar-refractivity contribution is 0.513. The maximum atomic E-state index is 13.5. The van der Waals surface area contributed by atoms with Gasteiger partial charge < -0.3 is 5.32 Å². The van der Waals surface area contributed by atoms with Gasteiger partial charge in [0, 0.05) is 17.0 Å². The van der Waals surface area contributed by atoms with E-state index in [1.165, 1.54) is 32.1 Å². The van der Waals surface area contributed by atoms with E-state index >= 15 is 0 Å². The van der Waals surface area contributed by atoms with Crippen molar-refractivity contribution in [2.24, 2.45) is 0 Å². The Morgan fingerprint density at radius 2 is 2.10 bits per heavy atom. The van der Waals surface area contributed by atoms with Crippen LogP contribution in [0.4, 0.5) is 4.39 Å². The predicted octanol–water partition coefficient (Wildman–Crippen LogP) is 5.07. The minimum Gasteiger partial charge on any atom is -0.313 e. The number of nitrogens with one attached hydrogen (secondary N) is 1. The SMILES string of the molecule is CCNC(CSC1CCCCC1)Cc1ccc(Cl)c(F)c1. The summed E-state index contributed by atoms with van der Waals surface area (Å²) < 4.78 is 13.5. The number of hydrogen-bond donors (Lipinski definition) is 1. The summed E-state index contributed by atoms with van der Waals surface area (Å²) in [6.45, 7) is 3.08. The first-order chi connectivity index (χ1) is 10.2. The second-order valence-electron chi connectivity index (χ2n) is 5.80. The van der Waals surface area contributed by atoms with Gasteiger partial charge in [0.25, 0.3) is 0 Å². The highest BCUT2D eigenvalue weighted by atomic mass is 35.5. The standard InChI is InChI=1S/C17H25ClFNS/c1-2-20-14(12-21-15-6-4-3-5-7-15)10-13-8-9-16(18)17(19)11-13/h8-9,11,14-15,20H,2-7,10,12H2,1H3. The fraction of sp³-hybridized carbons (Fsp3) is 0.647. The second kappa shape index (κ2) is 9.02. The Morgan fingerprint density at radius 1 is 1.33 bits per heavy atom. The van der Waals surface area contributed by atoms with Gasteiger partial charge in [-0.3, -0.25) is 0 Å². The molecule has 1 atom stereocenters. The van der Waals surface area contributed by atoms with Crippen LogP contribution in [-0.4, -0.2) is 23.6 Å². The van der Waals surface area contributed by atoms with Crippen LogP contribution in [0.3, 0.4) is 0 Å². The zero-order valence-corrected chi connectivity index (χ0v) is 14.3. The van der Waals surface area contributed by atoms with Gasteiger partial charge in [-0.1, -0.05) is 43.9 Å². The molecule has 0 aliphatic heterocycles. The van der Waals surface area contributed by atoms with Gasteiger partial charge in [-0.15, -0.1) is 0 Å². The Kier molecular flexibility index (Phi) is 7.35. The second-order valence-corrected chi connectivity index (χ2v) is 7.54. The molecular formula is C17H25ClFNS. The molecule has 1 N–H and O–H groups in total. The summed E-state index contributed by atoms with van der Waals surface area (Å²) in [4.78, 5) is 0. The molecule has 1 fully saturated rings. The Hall–Kier alpha value is -0.250. The van der Waals surface area contributed by atoms with Crippen LogP contribution in [0.2, 0.25) is 5.02 Å². The monoisotopic (exact) mass is 329 g/mol. The first-order valence-electron chi connectivity index (χ1n) is 7.98. The maximum absolute atomic E-state index is 13.5. The minimum atomic E-state index is -0.315. The highest BCUT2D eigenvalue weighted by Gasteiger charge is 2.17. The molecule has 0 radical (unpaired) electrons. The van der Waals surface area contributed by atoms with Crippen molar-refractivity contribution in [2.45, 2.75) is 56.7 Å². The van der Waals surface area contributed by atoms with Crippen LogP contribution in [0.1, 0.15) is 44.6 Å². The number of likely N-dealkylation sites (N-methyl/N-ethyl adjacent to an activating group) is 1. The van der Waals surface area contributed by atoms with Gasteiger partial charge in [0.15, 0.2) is 0 Å². The molecule has 118 valence electrons. The molecule has 1 unspecified atom stereocenters. The lowest BCUT2D eigenvalue weighted by atomic mass is 10.0. The molecule has 0 saturated heterocycles. The van der Waals surface area contributed by atoms with Crippen molar-refractivity contribution in [1.82, 2.24) is 5.32 Å². The van der Waals surface area contributed by atoms with Crippen molar-refractivity contribution in [3.8, 4) is 0 Å². The molecule has 1 saturated carbocycles. The van der Waals surface area contributed by atoms with Crippen LogP contribution < -0.4 is 5.32 Å². The van der Waals surface area contributed by atoms with Gasteiger partial charge in [0.05, 0.1) is 5.02 Å². The van der Waals surface area contributed by atoms with E-state index in [0.29, 0.717) is 6.04 Å². The summed E-state index contributed by atoms with van der Waals surface area (Å²) in [5.74, 6) is 0.785. The Balaban J connectivity index is 1.86. The molecule has 1 nitrogen and oxygen atoms in total. The van der Waals surface area contributed by atoms with E-state index in [9.17, 15) is 4.39 Å². The van der Waals surface area contributed by atoms with Crippen LogP contribution in [0.5, 0.6) is 0 Å². The zero-order chi connectivity index (χ0) is 15.1. The van der Waals surface area contributed by atoms with Gasteiger partial charge in [0.2, 0.25) is 0 Å². The third-order valence-corrected chi connectivity index (χ3v) is 5.89. The van der Waals surface area contributed by atoms with Crippen molar-refractivity contribution >= 4 is 23.4 Å². The molecule has 4 heteroatoms. The molecule has 0 heterocycles. The fourth-order valence-electron chi connectivity index (χ4n) is 2.91. The lowest BCUT2D eigenvalue weighted by Crippen LogP contribution is -2.34. The third kappa shape index (κ3) is 5.80. The lowest BCUT2D eigenvalue weighted by Gasteiger charge is -2.24. The van der Waals surface area contributed by atoms with Crippen molar-refractivity contribution in [1.29, 1.82) is 0 Å². The smallest absolute Gasteiger partial charge is 0.142 e. The maximum Gasteiger partial charge on any atom is 0.142 e. The molecule has 1 aromatic rings. The molecule has 21 heavy (non-hydrogen) atoms. The van der Waals surface area contributed by atoms with E-state index in [-0.39, 0.29) is 10.8 Å². The highest BCUT2D eigenvalue weighted by molar-refractivity contribution is 7.99. The first kappa shape index (κ1) is 17.1. The Morgan fingerprint density at radius 3 is 2.76 bits per heavy atom. The van der Waals surface area contributed by atoms with E-state index in [1.54, 1.807) is 12.1 Å². The average molecular weight is 330 g/mol. The molecular weight excluding hydrogens is 305 g/mol. The molecule has 0 spiro atoms. The minimum absolute atomic E-state index is 0.204. The quantitative estimate of drug-likeness (QED) is 0.750. The van der Waals surface area contributed by atoms with Gasteiger partial charge >= 0.3 is 0 Å². The van der Waals surface area contributed by atoms with Crippen molar-refractivity contribution in [2.75, 3.05) is 12.3 Å². The number of rotatable bonds is 7. The largest absolute Gasteiger partial charge is 0.313 e. The topological polar surface area (TPSA) is 12.0 Å². The molecule has 0 bridgehead atoms. The van der Waals surface area contributed by atoms with E-state index in [4.69, 9.17) is 11.6 Å². The van der Waals surface area contributed by atoms with E-state index < -0.39 is 0 Å². The predicted molar refractivity (Wildman–Crippen MR) is 91.9 cm³/mol. The summed E-state index contributed by atoms with van der Waals surface area (Å²) in [7, 11) is 0. The van der Waals surface area contributed by atoms with E-state index in [0.717, 1.165) is 29.5 Å².